The quantitative estimate of drug-likeness (QED) is 0.895. The Kier molecular flexibility index (Phi) is 3.52. The maximum Gasteiger partial charge on any atom is 0.229 e. The predicted molar refractivity (Wildman–Crippen MR) is 62.3 cm³/mol. The Bertz CT molecular complexity index is 541. The summed E-state index contributed by atoms with van der Waals surface area (Å²) < 4.78 is 5.03. The molecule has 88 valence electrons. The van der Waals surface area contributed by atoms with Gasteiger partial charge in [-0.15, -0.1) is 0 Å². The summed E-state index contributed by atoms with van der Waals surface area (Å²) >= 11 is 1.58. The van der Waals surface area contributed by atoms with Crippen molar-refractivity contribution in [3.63, 3.8) is 0 Å². The lowest BCUT2D eigenvalue weighted by Crippen LogP contribution is -2.09. The van der Waals surface area contributed by atoms with Crippen molar-refractivity contribution in [2.75, 3.05) is 0 Å². The molecule has 2 heterocycles. The Morgan fingerprint density at radius 2 is 2.41 bits per heavy atom. The third-order valence-corrected chi connectivity index (χ3v) is 3.16. The van der Waals surface area contributed by atoms with Gasteiger partial charge in [-0.2, -0.15) is 21.6 Å². The van der Waals surface area contributed by atoms with Gasteiger partial charge in [-0.25, -0.2) is 0 Å². The van der Waals surface area contributed by atoms with Crippen molar-refractivity contribution in [3.05, 3.63) is 22.2 Å². The molecule has 0 bridgehead atoms. The molecule has 0 aliphatic heterocycles. The van der Waals surface area contributed by atoms with E-state index in [9.17, 15) is 5.11 Å². The molecule has 0 saturated carbocycles. The van der Waals surface area contributed by atoms with E-state index in [0.29, 0.717) is 11.7 Å². The Hall–Kier alpha value is -1.71. The lowest BCUT2D eigenvalue weighted by molar-refractivity contribution is 0.167. The summed E-state index contributed by atoms with van der Waals surface area (Å²) in [5.41, 5.74) is 2.04. The number of aliphatic hydroxyl groups excluding tert-OH is 1. The van der Waals surface area contributed by atoms with E-state index >= 15 is 0 Å². The van der Waals surface area contributed by atoms with Crippen LogP contribution in [-0.4, -0.2) is 21.4 Å². The van der Waals surface area contributed by atoms with Crippen LogP contribution in [0.4, 0.5) is 0 Å². The fourth-order valence-electron chi connectivity index (χ4n) is 1.42. The summed E-state index contributed by atoms with van der Waals surface area (Å²) in [7, 11) is 0. The number of nitriles is 1. The number of aliphatic hydroxyl groups is 1. The largest absolute Gasteiger partial charge is 0.392 e. The van der Waals surface area contributed by atoms with Crippen LogP contribution in [0.5, 0.6) is 0 Å². The zero-order chi connectivity index (χ0) is 12.3. The Labute approximate surface area is 102 Å². The number of aryl methyl sites for hydroxylation is 1. The summed E-state index contributed by atoms with van der Waals surface area (Å²) in [6.07, 6.45) is -0.476. The van der Waals surface area contributed by atoms with Crippen molar-refractivity contribution < 1.29 is 9.63 Å². The molecule has 1 unspecified atom stereocenters. The van der Waals surface area contributed by atoms with E-state index in [-0.39, 0.29) is 12.8 Å². The average Bonchev–Trinajstić information content (AvgIpc) is 2.87. The van der Waals surface area contributed by atoms with Crippen molar-refractivity contribution >= 4 is 11.3 Å². The van der Waals surface area contributed by atoms with Crippen LogP contribution in [0.2, 0.25) is 0 Å². The number of rotatable bonds is 4. The van der Waals surface area contributed by atoms with Crippen LogP contribution in [0.25, 0.3) is 11.4 Å². The molecule has 0 amide bonds. The lowest BCUT2D eigenvalue weighted by Gasteiger charge is -1.99. The summed E-state index contributed by atoms with van der Waals surface area (Å²) in [6, 6.07) is 1.89. The number of aromatic nitrogens is 2. The highest BCUT2D eigenvalue weighted by Crippen LogP contribution is 2.24. The molecule has 0 aliphatic rings. The fraction of sp³-hybridized carbons (Fsp3) is 0.364. The highest BCUT2D eigenvalue weighted by Gasteiger charge is 2.14. The van der Waals surface area contributed by atoms with E-state index in [0.717, 1.165) is 11.1 Å². The SMILES string of the molecule is Cc1cscc1-c1noc(CC(O)CC#N)n1. The van der Waals surface area contributed by atoms with Crippen molar-refractivity contribution in [2.24, 2.45) is 0 Å². The molecule has 1 N–H and O–H groups in total. The minimum atomic E-state index is -0.753. The zero-order valence-corrected chi connectivity index (χ0v) is 10.1. The molecule has 17 heavy (non-hydrogen) atoms. The molecule has 5 nitrogen and oxygen atoms in total. The Morgan fingerprint density at radius 1 is 1.59 bits per heavy atom. The van der Waals surface area contributed by atoms with Crippen molar-refractivity contribution in [1.82, 2.24) is 10.1 Å². The van der Waals surface area contributed by atoms with E-state index < -0.39 is 6.10 Å². The minimum Gasteiger partial charge on any atom is -0.392 e. The normalized spacial score (nSPS) is 12.3. The highest BCUT2D eigenvalue weighted by atomic mass is 32.1. The van der Waals surface area contributed by atoms with Crippen LogP contribution < -0.4 is 0 Å². The summed E-state index contributed by atoms with van der Waals surface area (Å²) in [5.74, 6) is 0.885. The second-order valence-electron chi connectivity index (χ2n) is 3.70. The molecule has 1 atom stereocenters. The van der Waals surface area contributed by atoms with Gasteiger partial charge in [0.15, 0.2) is 0 Å². The van der Waals surface area contributed by atoms with Gasteiger partial charge in [0.25, 0.3) is 0 Å². The molecule has 0 fully saturated rings. The predicted octanol–water partition coefficient (Wildman–Crippen LogP) is 1.92. The molecule has 0 aromatic carbocycles. The van der Waals surface area contributed by atoms with Crippen LogP contribution in [0.1, 0.15) is 17.9 Å². The van der Waals surface area contributed by atoms with Gasteiger partial charge < -0.3 is 9.63 Å². The van der Waals surface area contributed by atoms with Crippen LogP contribution >= 0.6 is 11.3 Å². The molecule has 2 aromatic rings. The van der Waals surface area contributed by atoms with Crippen molar-refractivity contribution in [1.29, 1.82) is 5.26 Å². The molecule has 0 radical (unpaired) electrons. The van der Waals surface area contributed by atoms with E-state index in [4.69, 9.17) is 9.78 Å². The van der Waals surface area contributed by atoms with E-state index in [1.165, 1.54) is 0 Å². The molecular weight excluding hydrogens is 238 g/mol. The van der Waals surface area contributed by atoms with Gasteiger partial charge >= 0.3 is 0 Å². The number of hydrogen-bond acceptors (Lipinski definition) is 6. The molecule has 0 saturated heterocycles. The van der Waals surface area contributed by atoms with E-state index in [1.807, 2.05) is 23.8 Å². The first-order chi connectivity index (χ1) is 8.20. The monoisotopic (exact) mass is 249 g/mol. The molecular formula is C11H11N3O2S. The first-order valence-electron chi connectivity index (χ1n) is 5.11. The second kappa shape index (κ2) is 5.08. The van der Waals surface area contributed by atoms with Gasteiger partial charge in [0.2, 0.25) is 11.7 Å². The standard InChI is InChI=1S/C11H11N3O2S/c1-7-5-17-6-9(7)11-13-10(16-14-11)4-8(15)2-3-12/h5-6,8,15H,2,4H2,1H3. The first-order valence-corrected chi connectivity index (χ1v) is 6.05. The van der Waals surface area contributed by atoms with Gasteiger partial charge in [0.1, 0.15) is 0 Å². The molecule has 0 aliphatic carbocycles. The van der Waals surface area contributed by atoms with Crippen LogP contribution in [0.15, 0.2) is 15.3 Å². The molecule has 6 heteroatoms. The molecule has 2 aromatic heterocycles. The second-order valence-corrected chi connectivity index (χ2v) is 4.44. The maximum absolute atomic E-state index is 9.45. The summed E-state index contributed by atoms with van der Waals surface area (Å²) in [4.78, 5) is 4.20. The smallest absolute Gasteiger partial charge is 0.229 e. The van der Waals surface area contributed by atoms with Gasteiger partial charge in [-0.05, 0) is 17.9 Å². The van der Waals surface area contributed by atoms with Crippen LogP contribution in [0.3, 0.4) is 0 Å². The fourth-order valence-corrected chi connectivity index (χ4v) is 2.24. The molecule has 0 spiro atoms. The maximum atomic E-state index is 9.45. The average molecular weight is 249 g/mol. The van der Waals surface area contributed by atoms with Crippen LogP contribution in [0, 0.1) is 18.3 Å². The zero-order valence-electron chi connectivity index (χ0n) is 9.25. The van der Waals surface area contributed by atoms with E-state index in [1.54, 1.807) is 11.3 Å². The van der Waals surface area contributed by atoms with Gasteiger partial charge in [0.05, 0.1) is 25.0 Å². The van der Waals surface area contributed by atoms with Gasteiger partial charge in [-0.1, -0.05) is 5.16 Å². The van der Waals surface area contributed by atoms with Crippen molar-refractivity contribution in [2.45, 2.75) is 25.9 Å². The van der Waals surface area contributed by atoms with Gasteiger partial charge in [0, 0.05) is 10.9 Å². The minimum absolute atomic E-state index is 0.0647. The number of thiophene rings is 1. The Morgan fingerprint density at radius 3 is 3.06 bits per heavy atom. The lowest BCUT2D eigenvalue weighted by atomic mass is 10.2. The summed E-state index contributed by atoms with van der Waals surface area (Å²) in [5, 5.41) is 25.7. The van der Waals surface area contributed by atoms with E-state index in [2.05, 4.69) is 10.1 Å². The molecule has 2 rings (SSSR count). The third-order valence-electron chi connectivity index (χ3n) is 2.30. The summed E-state index contributed by atoms with van der Waals surface area (Å²) in [6.45, 7) is 1.98. The third kappa shape index (κ3) is 2.70. The van der Waals surface area contributed by atoms with Crippen molar-refractivity contribution in [3.8, 4) is 17.5 Å². The topological polar surface area (TPSA) is 82.9 Å². The van der Waals surface area contributed by atoms with Crippen LogP contribution in [-0.2, 0) is 6.42 Å². The number of hydrogen-bond donors (Lipinski definition) is 1. The van der Waals surface area contributed by atoms with Gasteiger partial charge in [-0.3, -0.25) is 0 Å². The highest BCUT2D eigenvalue weighted by molar-refractivity contribution is 7.08. The number of nitrogens with zero attached hydrogens (tertiary/aromatic N) is 3. The Balaban J connectivity index is 2.12. The first kappa shape index (κ1) is 11.8.